The van der Waals surface area contributed by atoms with E-state index in [1.807, 2.05) is 30.3 Å². The average Bonchev–Trinajstić information content (AvgIpc) is 3.45. The zero-order valence-electron chi connectivity index (χ0n) is 18.5. The molecular weight excluding hydrogens is 444 g/mol. The van der Waals surface area contributed by atoms with Crippen molar-refractivity contribution in [1.29, 1.82) is 0 Å². The van der Waals surface area contributed by atoms with Gasteiger partial charge in [-0.15, -0.1) is 10.2 Å². The molecular formula is C23H24N4O5S. The van der Waals surface area contributed by atoms with Gasteiger partial charge in [-0.05, 0) is 42.0 Å². The standard InChI is InChI=1S/C23H24N4O5S/c1-30-17-7-5-16(6-8-17)27-13-15(12-21(27)28)22(29)24-23-26-25-20(33-23)11-14-4-9-18(31-2)19(10-14)32-3/h4-10,15H,11-13H2,1-3H3,(H,24,26,29). The number of methoxy groups -OCH3 is 3. The normalized spacial score (nSPS) is 15.4. The molecule has 1 unspecified atom stereocenters. The molecule has 2 aromatic carbocycles. The number of hydrogen-bond acceptors (Lipinski definition) is 8. The average molecular weight is 469 g/mol. The van der Waals surface area contributed by atoms with Crippen LogP contribution >= 0.6 is 11.3 Å². The summed E-state index contributed by atoms with van der Waals surface area (Å²) in [5.41, 5.74) is 1.72. The van der Waals surface area contributed by atoms with E-state index < -0.39 is 5.92 Å². The fourth-order valence-corrected chi connectivity index (χ4v) is 4.42. The van der Waals surface area contributed by atoms with Crippen LogP contribution in [0.1, 0.15) is 17.0 Å². The van der Waals surface area contributed by atoms with Crippen LogP contribution < -0.4 is 24.4 Å². The molecule has 4 rings (SSSR count). The lowest BCUT2D eigenvalue weighted by molar-refractivity contribution is -0.122. The van der Waals surface area contributed by atoms with Gasteiger partial charge in [-0.25, -0.2) is 0 Å². The predicted molar refractivity (Wildman–Crippen MR) is 124 cm³/mol. The molecule has 0 saturated carbocycles. The van der Waals surface area contributed by atoms with Crippen LogP contribution in [0.15, 0.2) is 42.5 Å². The fraction of sp³-hybridized carbons (Fsp3) is 0.304. The zero-order valence-corrected chi connectivity index (χ0v) is 19.3. The van der Waals surface area contributed by atoms with Crippen LogP contribution in [0.4, 0.5) is 10.8 Å². The van der Waals surface area contributed by atoms with Crippen molar-refractivity contribution in [1.82, 2.24) is 10.2 Å². The Morgan fingerprint density at radius 3 is 2.52 bits per heavy atom. The molecule has 1 fully saturated rings. The van der Waals surface area contributed by atoms with E-state index in [2.05, 4.69) is 15.5 Å². The van der Waals surface area contributed by atoms with Crippen molar-refractivity contribution in [3.8, 4) is 17.2 Å². The zero-order chi connectivity index (χ0) is 23.4. The Morgan fingerprint density at radius 1 is 1.06 bits per heavy atom. The van der Waals surface area contributed by atoms with Gasteiger partial charge in [0.1, 0.15) is 10.8 Å². The summed E-state index contributed by atoms with van der Waals surface area (Å²) in [4.78, 5) is 26.8. The predicted octanol–water partition coefficient (Wildman–Crippen LogP) is 3.15. The van der Waals surface area contributed by atoms with E-state index in [9.17, 15) is 9.59 Å². The largest absolute Gasteiger partial charge is 0.497 e. The Hall–Kier alpha value is -3.66. The molecule has 172 valence electrons. The Balaban J connectivity index is 1.37. The summed E-state index contributed by atoms with van der Waals surface area (Å²) in [5, 5.41) is 12.2. The van der Waals surface area contributed by atoms with Gasteiger partial charge in [0, 0.05) is 25.1 Å². The summed E-state index contributed by atoms with van der Waals surface area (Å²) in [7, 11) is 4.76. The number of nitrogens with one attached hydrogen (secondary N) is 1. The summed E-state index contributed by atoms with van der Waals surface area (Å²) in [6, 6.07) is 12.8. The lowest BCUT2D eigenvalue weighted by Crippen LogP contribution is -2.28. The molecule has 10 heteroatoms. The Morgan fingerprint density at radius 2 is 1.82 bits per heavy atom. The third kappa shape index (κ3) is 5.06. The third-order valence-corrected chi connectivity index (χ3v) is 6.22. The first-order valence-corrected chi connectivity index (χ1v) is 11.1. The van der Waals surface area contributed by atoms with Crippen molar-refractivity contribution in [2.24, 2.45) is 5.92 Å². The van der Waals surface area contributed by atoms with Crippen molar-refractivity contribution in [3.05, 3.63) is 53.0 Å². The summed E-state index contributed by atoms with van der Waals surface area (Å²) >= 11 is 1.30. The molecule has 1 atom stereocenters. The SMILES string of the molecule is COc1ccc(N2CC(C(=O)Nc3nnc(Cc4ccc(OC)c(OC)c4)s3)CC2=O)cc1. The molecule has 1 aliphatic heterocycles. The third-order valence-electron chi connectivity index (χ3n) is 5.38. The lowest BCUT2D eigenvalue weighted by Gasteiger charge is -2.16. The first-order chi connectivity index (χ1) is 16.0. The molecule has 1 saturated heterocycles. The van der Waals surface area contributed by atoms with Crippen LogP contribution in [-0.2, 0) is 16.0 Å². The van der Waals surface area contributed by atoms with Crippen LogP contribution in [0.2, 0.25) is 0 Å². The van der Waals surface area contributed by atoms with Gasteiger partial charge in [0.25, 0.3) is 0 Å². The quantitative estimate of drug-likeness (QED) is 0.542. The molecule has 2 heterocycles. The number of benzene rings is 2. The molecule has 0 aliphatic carbocycles. The lowest BCUT2D eigenvalue weighted by atomic mass is 10.1. The fourth-order valence-electron chi connectivity index (χ4n) is 3.64. The van der Waals surface area contributed by atoms with E-state index in [0.29, 0.717) is 35.3 Å². The van der Waals surface area contributed by atoms with Crippen LogP contribution in [0.3, 0.4) is 0 Å². The second kappa shape index (κ2) is 9.86. The maximum absolute atomic E-state index is 12.8. The number of anilines is 2. The van der Waals surface area contributed by atoms with Crippen LogP contribution in [0.25, 0.3) is 0 Å². The molecule has 1 aromatic heterocycles. The molecule has 9 nitrogen and oxygen atoms in total. The Kier molecular flexibility index (Phi) is 6.74. The van der Waals surface area contributed by atoms with E-state index in [1.54, 1.807) is 38.4 Å². The van der Waals surface area contributed by atoms with Crippen molar-refractivity contribution in [3.63, 3.8) is 0 Å². The van der Waals surface area contributed by atoms with Crippen LogP contribution in [0.5, 0.6) is 17.2 Å². The minimum atomic E-state index is -0.460. The number of carbonyl (C=O) groups is 2. The first kappa shape index (κ1) is 22.5. The summed E-state index contributed by atoms with van der Waals surface area (Å²) in [6.45, 7) is 0.314. The van der Waals surface area contributed by atoms with E-state index in [0.717, 1.165) is 16.3 Å². The molecule has 1 aliphatic rings. The van der Waals surface area contributed by atoms with Crippen molar-refractivity contribution < 1.29 is 23.8 Å². The van der Waals surface area contributed by atoms with Crippen molar-refractivity contribution >= 4 is 34.0 Å². The van der Waals surface area contributed by atoms with Crippen LogP contribution in [0, 0.1) is 5.92 Å². The van der Waals surface area contributed by atoms with Gasteiger partial charge in [0.05, 0.1) is 27.2 Å². The minimum absolute atomic E-state index is 0.0910. The van der Waals surface area contributed by atoms with Crippen LogP contribution in [-0.4, -0.2) is 49.9 Å². The molecule has 3 aromatic rings. The van der Waals surface area contributed by atoms with Crippen molar-refractivity contribution in [2.45, 2.75) is 12.8 Å². The smallest absolute Gasteiger partial charge is 0.231 e. The molecule has 2 amide bonds. The topological polar surface area (TPSA) is 103 Å². The number of amides is 2. The summed E-state index contributed by atoms with van der Waals surface area (Å²) < 4.78 is 15.8. The molecule has 0 radical (unpaired) electrons. The number of carbonyl (C=O) groups excluding carboxylic acids is 2. The highest BCUT2D eigenvalue weighted by atomic mass is 32.1. The van der Waals surface area contributed by atoms with Crippen molar-refractivity contribution in [2.75, 3.05) is 38.1 Å². The van der Waals surface area contributed by atoms with E-state index in [-0.39, 0.29) is 18.2 Å². The van der Waals surface area contributed by atoms with E-state index in [4.69, 9.17) is 14.2 Å². The number of ether oxygens (including phenoxy) is 3. The molecule has 0 spiro atoms. The van der Waals surface area contributed by atoms with Gasteiger partial charge in [-0.1, -0.05) is 17.4 Å². The Bertz CT molecular complexity index is 1150. The van der Waals surface area contributed by atoms with Gasteiger partial charge < -0.3 is 24.4 Å². The monoisotopic (exact) mass is 468 g/mol. The highest BCUT2D eigenvalue weighted by Gasteiger charge is 2.35. The van der Waals surface area contributed by atoms with Gasteiger partial charge >= 0.3 is 0 Å². The second-order valence-electron chi connectivity index (χ2n) is 7.46. The molecule has 1 N–H and O–H groups in total. The summed E-state index contributed by atoms with van der Waals surface area (Å²) in [6.07, 6.45) is 0.691. The Labute approximate surface area is 195 Å². The summed E-state index contributed by atoms with van der Waals surface area (Å²) in [5.74, 6) is 1.21. The van der Waals surface area contributed by atoms with Gasteiger partial charge in [0.2, 0.25) is 16.9 Å². The van der Waals surface area contributed by atoms with E-state index >= 15 is 0 Å². The highest BCUT2D eigenvalue weighted by molar-refractivity contribution is 7.15. The minimum Gasteiger partial charge on any atom is -0.497 e. The molecule has 33 heavy (non-hydrogen) atoms. The first-order valence-electron chi connectivity index (χ1n) is 10.3. The number of rotatable bonds is 8. The number of hydrogen-bond donors (Lipinski definition) is 1. The van der Waals surface area contributed by atoms with Gasteiger partial charge in [-0.3, -0.25) is 9.59 Å². The maximum Gasteiger partial charge on any atom is 0.231 e. The van der Waals surface area contributed by atoms with Gasteiger partial charge in [0.15, 0.2) is 11.5 Å². The highest BCUT2D eigenvalue weighted by Crippen LogP contribution is 2.30. The molecule has 0 bridgehead atoms. The number of nitrogens with zero attached hydrogens (tertiary/aromatic N) is 3. The maximum atomic E-state index is 12.8. The number of aromatic nitrogens is 2. The van der Waals surface area contributed by atoms with Gasteiger partial charge in [-0.2, -0.15) is 0 Å². The second-order valence-corrected chi connectivity index (χ2v) is 8.52. The van der Waals surface area contributed by atoms with E-state index in [1.165, 1.54) is 11.3 Å².